The molecule has 5 heteroatoms. The van der Waals surface area contributed by atoms with E-state index in [0.29, 0.717) is 12.4 Å². The number of rotatable bonds is 5. The summed E-state index contributed by atoms with van der Waals surface area (Å²) in [7, 11) is 1.57. The topological polar surface area (TPSA) is 64.6 Å². The average molecular weight is 263 g/mol. The normalized spacial score (nSPS) is 12.4. The van der Waals surface area contributed by atoms with Gasteiger partial charge in [0.1, 0.15) is 23.9 Å². The van der Waals surface area contributed by atoms with E-state index in [0.717, 1.165) is 11.5 Å². The van der Waals surface area contributed by atoms with Crippen molar-refractivity contribution in [3.05, 3.63) is 47.3 Å². The molecule has 0 aromatic carbocycles. The first-order valence-electron chi connectivity index (χ1n) is 6.05. The first kappa shape index (κ1) is 13.4. The van der Waals surface area contributed by atoms with Gasteiger partial charge in [-0.1, -0.05) is 0 Å². The van der Waals surface area contributed by atoms with Crippen molar-refractivity contribution in [2.24, 2.45) is 0 Å². The number of carbonyl (C=O) groups excluding carboxylic acids is 1. The number of hydrogen-bond acceptors (Lipinski definition) is 4. The number of ether oxygens (including phenoxy) is 1. The zero-order valence-corrected chi connectivity index (χ0v) is 11.2. The van der Waals surface area contributed by atoms with Crippen LogP contribution < -0.4 is 5.32 Å². The highest BCUT2D eigenvalue weighted by atomic mass is 16.5. The van der Waals surface area contributed by atoms with Gasteiger partial charge >= 0.3 is 0 Å². The van der Waals surface area contributed by atoms with Crippen LogP contribution in [0.15, 0.2) is 33.1 Å². The Morgan fingerprint density at radius 1 is 1.32 bits per heavy atom. The van der Waals surface area contributed by atoms with Gasteiger partial charge in [-0.2, -0.15) is 0 Å². The predicted octanol–water partition coefficient (Wildman–Crippen LogP) is 2.82. The van der Waals surface area contributed by atoms with Crippen molar-refractivity contribution in [3.8, 4) is 0 Å². The lowest BCUT2D eigenvalue weighted by Crippen LogP contribution is -2.25. The molecule has 5 nitrogen and oxygen atoms in total. The minimum Gasteiger partial charge on any atom is -0.464 e. The van der Waals surface area contributed by atoms with E-state index in [1.54, 1.807) is 19.2 Å². The third-order valence-corrected chi connectivity index (χ3v) is 2.71. The van der Waals surface area contributed by atoms with Gasteiger partial charge in [-0.3, -0.25) is 4.79 Å². The fraction of sp³-hybridized carbons (Fsp3) is 0.357. The Kier molecular flexibility index (Phi) is 4.06. The Balaban J connectivity index is 1.99. The zero-order valence-electron chi connectivity index (χ0n) is 11.2. The monoisotopic (exact) mass is 263 g/mol. The maximum atomic E-state index is 12.0. The molecule has 102 valence electrons. The van der Waals surface area contributed by atoms with Gasteiger partial charge in [0.2, 0.25) is 0 Å². The molecular formula is C14H17NO4. The molecule has 2 rings (SSSR count). The summed E-state index contributed by atoms with van der Waals surface area (Å²) >= 11 is 0. The number of methoxy groups -OCH3 is 1. The van der Waals surface area contributed by atoms with E-state index < -0.39 is 0 Å². The summed E-state index contributed by atoms with van der Waals surface area (Å²) in [5.74, 6) is 2.14. The number of carbonyl (C=O) groups is 1. The van der Waals surface area contributed by atoms with E-state index in [1.165, 1.54) is 0 Å². The average Bonchev–Trinajstić information content (AvgIpc) is 2.98. The molecule has 2 heterocycles. The number of amides is 1. The van der Waals surface area contributed by atoms with Crippen LogP contribution in [-0.4, -0.2) is 13.0 Å². The standard InChI is InChI=1S/C14H17NO4/c1-9-4-6-12(18-9)10(2)15-14(16)13-7-5-11(19-13)8-17-3/h4-7,10H,8H2,1-3H3,(H,15,16). The number of hydrogen-bond donors (Lipinski definition) is 1. The van der Waals surface area contributed by atoms with Gasteiger partial charge in [0.05, 0.1) is 6.04 Å². The van der Waals surface area contributed by atoms with Crippen molar-refractivity contribution in [2.45, 2.75) is 26.5 Å². The van der Waals surface area contributed by atoms with Crippen molar-refractivity contribution >= 4 is 5.91 Å². The lowest BCUT2D eigenvalue weighted by molar-refractivity contribution is 0.0898. The lowest BCUT2D eigenvalue weighted by Gasteiger charge is -2.09. The summed E-state index contributed by atoms with van der Waals surface area (Å²) in [5.41, 5.74) is 0. The smallest absolute Gasteiger partial charge is 0.287 e. The van der Waals surface area contributed by atoms with Crippen LogP contribution in [0.4, 0.5) is 0 Å². The van der Waals surface area contributed by atoms with Crippen LogP contribution in [0.2, 0.25) is 0 Å². The number of furan rings is 2. The second-order valence-electron chi connectivity index (χ2n) is 4.34. The second-order valence-corrected chi connectivity index (χ2v) is 4.34. The number of nitrogens with one attached hydrogen (secondary N) is 1. The van der Waals surface area contributed by atoms with Crippen molar-refractivity contribution in [1.82, 2.24) is 5.32 Å². The summed E-state index contributed by atoms with van der Waals surface area (Å²) < 4.78 is 15.8. The quantitative estimate of drug-likeness (QED) is 0.900. The van der Waals surface area contributed by atoms with E-state index in [9.17, 15) is 4.79 Å². The Labute approximate surface area is 111 Å². The van der Waals surface area contributed by atoms with Crippen LogP contribution in [0, 0.1) is 6.92 Å². The molecule has 2 aromatic heterocycles. The van der Waals surface area contributed by atoms with E-state index in [-0.39, 0.29) is 17.7 Å². The van der Waals surface area contributed by atoms with Crippen LogP contribution in [0.3, 0.4) is 0 Å². The van der Waals surface area contributed by atoms with Gasteiger partial charge in [0, 0.05) is 7.11 Å². The molecule has 0 aliphatic rings. The van der Waals surface area contributed by atoms with Crippen LogP contribution in [-0.2, 0) is 11.3 Å². The summed E-state index contributed by atoms with van der Waals surface area (Å²) in [5, 5.41) is 2.81. The molecule has 0 aliphatic carbocycles. The van der Waals surface area contributed by atoms with Gasteiger partial charge in [0.15, 0.2) is 5.76 Å². The van der Waals surface area contributed by atoms with Crippen LogP contribution in [0.25, 0.3) is 0 Å². The summed E-state index contributed by atoms with van der Waals surface area (Å²) in [4.78, 5) is 12.0. The highest BCUT2D eigenvalue weighted by Gasteiger charge is 2.16. The predicted molar refractivity (Wildman–Crippen MR) is 68.7 cm³/mol. The molecule has 0 fully saturated rings. The molecule has 0 bridgehead atoms. The van der Waals surface area contributed by atoms with E-state index in [2.05, 4.69) is 5.32 Å². The largest absolute Gasteiger partial charge is 0.464 e. The Bertz CT molecular complexity index is 555. The summed E-state index contributed by atoms with van der Waals surface area (Å²) in [6.07, 6.45) is 0. The Hall–Kier alpha value is -2.01. The van der Waals surface area contributed by atoms with Crippen LogP contribution in [0.1, 0.15) is 40.8 Å². The van der Waals surface area contributed by atoms with Gasteiger partial charge in [-0.25, -0.2) is 0 Å². The molecule has 0 saturated carbocycles. The minimum absolute atomic E-state index is 0.211. The van der Waals surface area contributed by atoms with Crippen molar-refractivity contribution in [3.63, 3.8) is 0 Å². The summed E-state index contributed by atoms with van der Waals surface area (Å²) in [6.45, 7) is 4.07. The molecule has 1 N–H and O–H groups in total. The van der Waals surface area contributed by atoms with Gasteiger partial charge in [0.25, 0.3) is 5.91 Å². The van der Waals surface area contributed by atoms with Crippen molar-refractivity contribution < 1.29 is 18.4 Å². The zero-order chi connectivity index (χ0) is 13.8. The molecule has 0 spiro atoms. The van der Waals surface area contributed by atoms with E-state index in [1.807, 2.05) is 26.0 Å². The SMILES string of the molecule is COCc1ccc(C(=O)NC(C)c2ccc(C)o2)o1. The molecule has 2 aromatic rings. The molecule has 19 heavy (non-hydrogen) atoms. The maximum Gasteiger partial charge on any atom is 0.287 e. The maximum absolute atomic E-state index is 12.0. The molecule has 1 atom stereocenters. The number of aryl methyl sites for hydroxylation is 1. The fourth-order valence-electron chi connectivity index (χ4n) is 1.74. The summed E-state index contributed by atoms with van der Waals surface area (Å²) in [6, 6.07) is 6.85. The first-order chi connectivity index (χ1) is 9.10. The molecule has 0 radical (unpaired) electrons. The van der Waals surface area contributed by atoms with E-state index in [4.69, 9.17) is 13.6 Å². The molecule has 1 unspecified atom stereocenters. The molecule has 1 amide bonds. The highest BCUT2D eigenvalue weighted by Crippen LogP contribution is 2.17. The van der Waals surface area contributed by atoms with Crippen molar-refractivity contribution in [2.75, 3.05) is 7.11 Å². The van der Waals surface area contributed by atoms with Gasteiger partial charge < -0.3 is 18.9 Å². The van der Waals surface area contributed by atoms with Gasteiger partial charge in [-0.15, -0.1) is 0 Å². The second kappa shape index (κ2) is 5.75. The lowest BCUT2D eigenvalue weighted by atomic mass is 10.2. The van der Waals surface area contributed by atoms with Crippen LogP contribution >= 0.6 is 0 Å². The highest BCUT2D eigenvalue weighted by molar-refractivity contribution is 5.91. The van der Waals surface area contributed by atoms with Crippen LogP contribution in [0.5, 0.6) is 0 Å². The minimum atomic E-state index is -0.274. The third kappa shape index (κ3) is 3.26. The van der Waals surface area contributed by atoms with Gasteiger partial charge in [-0.05, 0) is 38.1 Å². The Morgan fingerprint density at radius 3 is 2.74 bits per heavy atom. The fourth-order valence-corrected chi connectivity index (χ4v) is 1.74. The van der Waals surface area contributed by atoms with E-state index >= 15 is 0 Å². The molecule has 0 aliphatic heterocycles. The first-order valence-corrected chi connectivity index (χ1v) is 6.05. The molecule has 0 saturated heterocycles. The van der Waals surface area contributed by atoms with Crippen molar-refractivity contribution in [1.29, 1.82) is 0 Å². The molecular weight excluding hydrogens is 246 g/mol. The Morgan fingerprint density at radius 2 is 2.11 bits per heavy atom. The third-order valence-electron chi connectivity index (χ3n) is 2.71.